The van der Waals surface area contributed by atoms with Crippen LogP contribution in [0.1, 0.15) is 10.4 Å². The molecular formula is C14H11BrClNO. The molecule has 4 heteroatoms. The molecule has 0 fully saturated rings. The third-order valence-electron chi connectivity index (χ3n) is 2.61. The molecule has 0 N–H and O–H groups in total. The van der Waals surface area contributed by atoms with Gasteiger partial charge >= 0.3 is 0 Å². The second-order valence-corrected chi connectivity index (χ2v) is 5.09. The lowest BCUT2D eigenvalue weighted by Crippen LogP contribution is -2.26. The fraction of sp³-hybridized carbons (Fsp3) is 0.0714. The van der Waals surface area contributed by atoms with Crippen molar-refractivity contribution < 1.29 is 4.79 Å². The molecule has 0 aliphatic heterocycles. The van der Waals surface area contributed by atoms with Crippen molar-refractivity contribution in [2.24, 2.45) is 0 Å². The van der Waals surface area contributed by atoms with Gasteiger partial charge in [0.15, 0.2) is 0 Å². The largest absolute Gasteiger partial charge is 0.311 e. The zero-order valence-corrected chi connectivity index (χ0v) is 12.1. The van der Waals surface area contributed by atoms with Gasteiger partial charge in [0.2, 0.25) is 0 Å². The Kier molecular flexibility index (Phi) is 4.04. The number of amides is 1. The normalized spacial score (nSPS) is 10.2. The van der Waals surface area contributed by atoms with Crippen molar-refractivity contribution in [3.8, 4) is 0 Å². The minimum Gasteiger partial charge on any atom is -0.311 e. The quantitative estimate of drug-likeness (QED) is 0.803. The van der Waals surface area contributed by atoms with Crippen molar-refractivity contribution in [1.82, 2.24) is 0 Å². The minimum absolute atomic E-state index is 0.0874. The zero-order chi connectivity index (χ0) is 13.1. The van der Waals surface area contributed by atoms with E-state index in [0.29, 0.717) is 10.6 Å². The van der Waals surface area contributed by atoms with Gasteiger partial charge < -0.3 is 4.90 Å². The van der Waals surface area contributed by atoms with E-state index < -0.39 is 0 Å². The molecule has 2 rings (SSSR count). The van der Waals surface area contributed by atoms with Crippen LogP contribution in [0.5, 0.6) is 0 Å². The first-order valence-corrected chi connectivity index (χ1v) is 6.55. The van der Waals surface area contributed by atoms with Gasteiger partial charge in [-0.2, -0.15) is 0 Å². The molecule has 18 heavy (non-hydrogen) atoms. The van der Waals surface area contributed by atoms with Crippen LogP contribution in [0.15, 0.2) is 53.0 Å². The number of para-hydroxylation sites is 1. The standard InChI is InChI=1S/C14H11BrClNO/c1-17(11-5-3-2-4-6-11)14(18)10-7-8-12(15)13(16)9-10/h2-9H,1H3. The summed E-state index contributed by atoms with van der Waals surface area (Å²) in [5.41, 5.74) is 1.41. The molecule has 0 radical (unpaired) electrons. The predicted molar refractivity (Wildman–Crippen MR) is 78.3 cm³/mol. The molecule has 2 aromatic carbocycles. The Morgan fingerprint density at radius 3 is 2.44 bits per heavy atom. The highest BCUT2D eigenvalue weighted by Gasteiger charge is 2.14. The minimum atomic E-state index is -0.0874. The predicted octanol–water partition coefficient (Wildman–Crippen LogP) is 4.38. The molecule has 0 atom stereocenters. The molecule has 0 heterocycles. The van der Waals surface area contributed by atoms with Gasteiger partial charge in [-0.05, 0) is 46.3 Å². The van der Waals surface area contributed by atoms with Gasteiger partial charge in [0.05, 0.1) is 5.02 Å². The number of benzene rings is 2. The first kappa shape index (κ1) is 13.1. The molecule has 2 nitrogen and oxygen atoms in total. The first-order chi connectivity index (χ1) is 8.59. The van der Waals surface area contributed by atoms with Crippen LogP contribution in [0.25, 0.3) is 0 Å². The summed E-state index contributed by atoms with van der Waals surface area (Å²) in [7, 11) is 1.74. The van der Waals surface area contributed by atoms with Crippen LogP contribution in [0.4, 0.5) is 5.69 Å². The molecule has 1 amide bonds. The molecule has 0 aliphatic rings. The van der Waals surface area contributed by atoms with Crippen molar-refractivity contribution >= 4 is 39.1 Å². The van der Waals surface area contributed by atoms with E-state index >= 15 is 0 Å². The summed E-state index contributed by atoms with van der Waals surface area (Å²) < 4.78 is 0.781. The van der Waals surface area contributed by atoms with E-state index in [1.54, 1.807) is 30.1 Å². The van der Waals surface area contributed by atoms with E-state index in [1.807, 2.05) is 30.3 Å². The molecule has 92 valence electrons. The van der Waals surface area contributed by atoms with Crippen molar-refractivity contribution in [2.45, 2.75) is 0 Å². The van der Waals surface area contributed by atoms with Crippen LogP contribution in [0.3, 0.4) is 0 Å². The fourth-order valence-corrected chi connectivity index (χ4v) is 2.02. The highest BCUT2D eigenvalue weighted by atomic mass is 79.9. The van der Waals surface area contributed by atoms with Crippen LogP contribution in [0.2, 0.25) is 5.02 Å². The van der Waals surface area contributed by atoms with Crippen LogP contribution < -0.4 is 4.90 Å². The number of anilines is 1. The summed E-state index contributed by atoms with van der Waals surface area (Å²) in [5, 5.41) is 0.530. The fourth-order valence-electron chi connectivity index (χ4n) is 1.59. The summed E-state index contributed by atoms with van der Waals surface area (Å²) in [6.07, 6.45) is 0. The summed E-state index contributed by atoms with van der Waals surface area (Å²) >= 11 is 9.29. The monoisotopic (exact) mass is 323 g/mol. The van der Waals surface area contributed by atoms with E-state index in [0.717, 1.165) is 10.2 Å². The Balaban J connectivity index is 2.29. The molecular weight excluding hydrogens is 314 g/mol. The van der Waals surface area contributed by atoms with E-state index in [9.17, 15) is 4.79 Å². The first-order valence-electron chi connectivity index (χ1n) is 5.38. The van der Waals surface area contributed by atoms with Crippen molar-refractivity contribution in [2.75, 3.05) is 11.9 Å². The zero-order valence-electron chi connectivity index (χ0n) is 9.73. The summed E-state index contributed by atoms with van der Waals surface area (Å²) in [4.78, 5) is 13.9. The van der Waals surface area contributed by atoms with Gasteiger partial charge in [-0.25, -0.2) is 0 Å². The average Bonchev–Trinajstić information content (AvgIpc) is 2.41. The van der Waals surface area contributed by atoms with Gasteiger partial charge in [0.25, 0.3) is 5.91 Å². The van der Waals surface area contributed by atoms with E-state index in [4.69, 9.17) is 11.6 Å². The number of nitrogens with zero attached hydrogens (tertiary/aromatic N) is 1. The van der Waals surface area contributed by atoms with Crippen molar-refractivity contribution in [3.05, 3.63) is 63.6 Å². The van der Waals surface area contributed by atoms with Crippen molar-refractivity contribution in [3.63, 3.8) is 0 Å². The highest BCUT2D eigenvalue weighted by molar-refractivity contribution is 9.10. The van der Waals surface area contributed by atoms with E-state index in [2.05, 4.69) is 15.9 Å². The summed E-state index contributed by atoms with van der Waals surface area (Å²) in [6, 6.07) is 14.7. The molecule has 0 aliphatic carbocycles. The number of carbonyl (C=O) groups is 1. The van der Waals surface area contributed by atoms with Gasteiger partial charge in [-0.3, -0.25) is 4.79 Å². The lowest BCUT2D eigenvalue weighted by atomic mass is 10.2. The Bertz CT molecular complexity index is 571. The SMILES string of the molecule is CN(C(=O)c1ccc(Br)c(Cl)c1)c1ccccc1. The second kappa shape index (κ2) is 5.55. The maximum absolute atomic E-state index is 12.3. The summed E-state index contributed by atoms with van der Waals surface area (Å²) in [6.45, 7) is 0. The second-order valence-electron chi connectivity index (χ2n) is 3.83. The lowest BCUT2D eigenvalue weighted by Gasteiger charge is -2.17. The number of hydrogen-bond acceptors (Lipinski definition) is 1. The van der Waals surface area contributed by atoms with Crippen LogP contribution >= 0.6 is 27.5 Å². The Morgan fingerprint density at radius 1 is 1.17 bits per heavy atom. The molecule has 0 aromatic heterocycles. The third-order valence-corrected chi connectivity index (χ3v) is 3.85. The van der Waals surface area contributed by atoms with Crippen LogP contribution in [-0.4, -0.2) is 13.0 Å². The number of rotatable bonds is 2. The van der Waals surface area contributed by atoms with Gasteiger partial charge in [0, 0.05) is 22.8 Å². The lowest BCUT2D eigenvalue weighted by molar-refractivity contribution is 0.0993. The summed E-state index contributed by atoms with van der Waals surface area (Å²) in [5.74, 6) is -0.0874. The number of carbonyl (C=O) groups excluding carboxylic acids is 1. The third kappa shape index (κ3) is 2.74. The van der Waals surface area contributed by atoms with Crippen molar-refractivity contribution in [1.29, 1.82) is 0 Å². The Labute approximate surface area is 119 Å². The molecule has 0 spiro atoms. The molecule has 0 unspecified atom stereocenters. The number of halogens is 2. The average molecular weight is 325 g/mol. The van der Waals surface area contributed by atoms with E-state index in [1.165, 1.54) is 0 Å². The molecule has 2 aromatic rings. The van der Waals surface area contributed by atoms with Crippen LogP contribution in [0, 0.1) is 0 Å². The number of hydrogen-bond donors (Lipinski definition) is 0. The Morgan fingerprint density at radius 2 is 1.83 bits per heavy atom. The van der Waals surface area contributed by atoms with Gasteiger partial charge in [-0.1, -0.05) is 29.8 Å². The Hall–Kier alpha value is -1.32. The van der Waals surface area contributed by atoms with Gasteiger partial charge in [-0.15, -0.1) is 0 Å². The topological polar surface area (TPSA) is 20.3 Å². The van der Waals surface area contributed by atoms with Gasteiger partial charge in [0.1, 0.15) is 0 Å². The smallest absolute Gasteiger partial charge is 0.258 e. The maximum Gasteiger partial charge on any atom is 0.258 e. The van der Waals surface area contributed by atoms with Crippen LogP contribution in [-0.2, 0) is 0 Å². The molecule has 0 saturated carbocycles. The highest BCUT2D eigenvalue weighted by Crippen LogP contribution is 2.24. The van der Waals surface area contributed by atoms with E-state index in [-0.39, 0.29) is 5.91 Å². The molecule has 0 saturated heterocycles. The maximum atomic E-state index is 12.3. The molecule has 0 bridgehead atoms.